The van der Waals surface area contributed by atoms with Crippen LogP contribution in [0.2, 0.25) is 10.0 Å². The molecule has 1 heterocycles. The molecule has 0 fully saturated rings. The van der Waals surface area contributed by atoms with Gasteiger partial charge in [-0.25, -0.2) is 0 Å². The number of carbonyl (C=O) groups excluding carboxylic acids is 2. The Morgan fingerprint density at radius 2 is 1.67 bits per heavy atom. The summed E-state index contributed by atoms with van der Waals surface area (Å²) in [6, 6.07) is 14.2. The molecule has 9 heteroatoms. The smallest absolute Gasteiger partial charge is 0.254 e. The van der Waals surface area contributed by atoms with Crippen molar-refractivity contribution in [3.63, 3.8) is 0 Å². The van der Waals surface area contributed by atoms with E-state index in [0.717, 1.165) is 10.4 Å². The van der Waals surface area contributed by atoms with E-state index in [-0.39, 0.29) is 24.4 Å². The normalized spacial score (nSPS) is 10.9. The summed E-state index contributed by atoms with van der Waals surface area (Å²) in [6.07, 6.45) is 0.622. The van der Waals surface area contributed by atoms with Gasteiger partial charge in [0.1, 0.15) is 6.54 Å². The summed E-state index contributed by atoms with van der Waals surface area (Å²) >= 11 is 13.8. The van der Waals surface area contributed by atoms with E-state index in [4.69, 9.17) is 32.7 Å². The summed E-state index contributed by atoms with van der Waals surface area (Å²) in [5.41, 5.74) is 1.37. The fourth-order valence-electron chi connectivity index (χ4n) is 3.76. The van der Waals surface area contributed by atoms with Crippen LogP contribution in [-0.2, 0) is 17.8 Å². The maximum absolute atomic E-state index is 13.5. The van der Waals surface area contributed by atoms with Crippen LogP contribution in [0, 0.1) is 0 Å². The Kier molecular flexibility index (Phi) is 10.0. The molecule has 3 aromatic rings. The molecule has 0 N–H and O–H groups in total. The average Bonchev–Trinajstić information content (AvgIpc) is 3.36. The molecular formula is C27H30Cl2N2O4S. The van der Waals surface area contributed by atoms with E-state index >= 15 is 0 Å². The molecular weight excluding hydrogens is 519 g/mol. The van der Waals surface area contributed by atoms with Crippen LogP contribution in [0.5, 0.6) is 11.5 Å². The number of rotatable bonds is 11. The van der Waals surface area contributed by atoms with Gasteiger partial charge in [-0.3, -0.25) is 9.59 Å². The number of thiophene rings is 1. The van der Waals surface area contributed by atoms with Crippen LogP contribution in [0.4, 0.5) is 0 Å². The molecule has 0 aliphatic carbocycles. The quantitative estimate of drug-likeness (QED) is 0.286. The molecule has 36 heavy (non-hydrogen) atoms. The molecule has 2 aromatic carbocycles. The highest BCUT2D eigenvalue weighted by Crippen LogP contribution is 2.28. The van der Waals surface area contributed by atoms with Gasteiger partial charge in [0, 0.05) is 33.1 Å². The first-order chi connectivity index (χ1) is 17.2. The zero-order valence-corrected chi connectivity index (χ0v) is 23.1. The fraction of sp³-hybridized carbons (Fsp3) is 0.333. The Hall–Kier alpha value is -2.74. The van der Waals surface area contributed by atoms with Crippen LogP contribution in [0.3, 0.4) is 0 Å². The van der Waals surface area contributed by atoms with Crippen LogP contribution >= 0.6 is 34.5 Å². The fourth-order valence-corrected chi connectivity index (χ4v) is 5.01. The van der Waals surface area contributed by atoms with Crippen LogP contribution in [0.1, 0.15) is 34.6 Å². The SMILES string of the molecule is COc1ccc(CCN(Cc2cccs2)C(=O)CN(C(=O)c2cc(Cl)cc(Cl)c2)C(C)C)cc1OC. The lowest BCUT2D eigenvalue weighted by atomic mass is 10.1. The van der Waals surface area contributed by atoms with Crippen LogP contribution in [0.25, 0.3) is 0 Å². The van der Waals surface area contributed by atoms with Crippen molar-refractivity contribution in [3.8, 4) is 11.5 Å². The van der Waals surface area contributed by atoms with Crippen molar-refractivity contribution in [2.24, 2.45) is 0 Å². The number of carbonyl (C=O) groups is 2. The Morgan fingerprint density at radius 3 is 2.25 bits per heavy atom. The van der Waals surface area contributed by atoms with Crippen LogP contribution in [0.15, 0.2) is 53.9 Å². The number of hydrogen-bond acceptors (Lipinski definition) is 5. The molecule has 0 saturated heterocycles. The van der Waals surface area contributed by atoms with Crippen molar-refractivity contribution in [2.45, 2.75) is 32.9 Å². The van der Waals surface area contributed by atoms with E-state index in [0.29, 0.717) is 46.6 Å². The minimum absolute atomic E-state index is 0.0576. The minimum Gasteiger partial charge on any atom is -0.493 e. The van der Waals surface area contributed by atoms with Gasteiger partial charge in [0.15, 0.2) is 11.5 Å². The lowest BCUT2D eigenvalue weighted by Gasteiger charge is -2.30. The summed E-state index contributed by atoms with van der Waals surface area (Å²) in [6.45, 7) is 4.65. The van der Waals surface area contributed by atoms with Gasteiger partial charge in [-0.05, 0) is 67.6 Å². The molecule has 0 saturated carbocycles. The number of benzene rings is 2. The Bertz CT molecular complexity index is 1160. The van der Waals surface area contributed by atoms with Crippen LogP contribution in [-0.4, -0.2) is 55.0 Å². The number of nitrogens with zero attached hydrogens (tertiary/aromatic N) is 2. The number of halogens is 2. The van der Waals surface area contributed by atoms with Gasteiger partial charge >= 0.3 is 0 Å². The summed E-state index contributed by atoms with van der Waals surface area (Å²) in [7, 11) is 3.19. The molecule has 0 aliphatic heterocycles. The molecule has 1 aromatic heterocycles. The topological polar surface area (TPSA) is 59.1 Å². The van der Waals surface area contributed by atoms with Gasteiger partial charge in [-0.1, -0.05) is 35.3 Å². The highest BCUT2D eigenvalue weighted by Gasteiger charge is 2.25. The second kappa shape index (κ2) is 13.0. The predicted molar refractivity (Wildman–Crippen MR) is 146 cm³/mol. The van der Waals surface area contributed by atoms with Gasteiger partial charge in [-0.2, -0.15) is 0 Å². The first-order valence-corrected chi connectivity index (χ1v) is 13.1. The molecule has 0 radical (unpaired) electrons. The zero-order chi connectivity index (χ0) is 26.2. The van der Waals surface area contributed by atoms with Crippen molar-refractivity contribution < 1.29 is 19.1 Å². The molecule has 192 valence electrons. The maximum atomic E-state index is 13.5. The lowest BCUT2D eigenvalue weighted by molar-refractivity contribution is -0.132. The largest absolute Gasteiger partial charge is 0.493 e. The van der Waals surface area contributed by atoms with Crippen LogP contribution < -0.4 is 9.47 Å². The Labute approximate surface area is 226 Å². The van der Waals surface area contributed by atoms with E-state index in [1.165, 1.54) is 0 Å². The molecule has 0 spiro atoms. The van der Waals surface area contributed by atoms with E-state index in [1.807, 2.05) is 49.6 Å². The first-order valence-electron chi connectivity index (χ1n) is 11.5. The third kappa shape index (κ3) is 7.38. The highest BCUT2D eigenvalue weighted by atomic mass is 35.5. The van der Waals surface area contributed by atoms with Gasteiger partial charge in [0.2, 0.25) is 5.91 Å². The third-order valence-electron chi connectivity index (χ3n) is 5.70. The molecule has 6 nitrogen and oxygen atoms in total. The predicted octanol–water partition coefficient (Wildman–Crippen LogP) is 6.19. The zero-order valence-electron chi connectivity index (χ0n) is 20.8. The number of ether oxygens (including phenoxy) is 2. The van der Waals surface area contributed by atoms with E-state index in [9.17, 15) is 9.59 Å². The lowest BCUT2D eigenvalue weighted by Crippen LogP contribution is -2.46. The maximum Gasteiger partial charge on any atom is 0.254 e. The van der Waals surface area contributed by atoms with Crippen molar-refractivity contribution >= 4 is 46.4 Å². The molecule has 2 amide bonds. The summed E-state index contributed by atoms with van der Waals surface area (Å²) in [5, 5.41) is 2.73. The summed E-state index contributed by atoms with van der Waals surface area (Å²) in [5.74, 6) is 0.862. The Balaban J connectivity index is 1.79. The van der Waals surface area contributed by atoms with Crippen molar-refractivity contribution in [1.29, 1.82) is 0 Å². The summed E-state index contributed by atoms with van der Waals surface area (Å²) < 4.78 is 10.7. The van der Waals surface area contributed by atoms with E-state index < -0.39 is 0 Å². The number of methoxy groups -OCH3 is 2. The van der Waals surface area contributed by atoms with Crippen molar-refractivity contribution in [2.75, 3.05) is 27.3 Å². The van der Waals surface area contributed by atoms with Gasteiger partial charge in [-0.15, -0.1) is 11.3 Å². The van der Waals surface area contributed by atoms with Gasteiger partial charge in [0.05, 0.1) is 20.8 Å². The number of hydrogen-bond donors (Lipinski definition) is 0. The number of amides is 2. The van der Waals surface area contributed by atoms with Crippen molar-refractivity contribution in [1.82, 2.24) is 9.80 Å². The molecule has 3 rings (SSSR count). The molecule has 0 bridgehead atoms. The highest BCUT2D eigenvalue weighted by molar-refractivity contribution is 7.09. The molecule has 0 unspecified atom stereocenters. The van der Waals surface area contributed by atoms with Gasteiger partial charge in [0.25, 0.3) is 5.91 Å². The monoisotopic (exact) mass is 548 g/mol. The van der Waals surface area contributed by atoms with E-state index in [2.05, 4.69) is 0 Å². The Morgan fingerprint density at radius 1 is 0.972 bits per heavy atom. The average molecular weight is 550 g/mol. The van der Waals surface area contributed by atoms with Gasteiger partial charge < -0.3 is 19.3 Å². The second-order valence-electron chi connectivity index (χ2n) is 8.52. The van der Waals surface area contributed by atoms with E-state index in [1.54, 1.807) is 53.6 Å². The standard InChI is InChI=1S/C27H30Cl2N2O4S/c1-18(2)31(27(33)20-13-21(28)15-22(29)14-20)17-26(32)30(16-23-6-5-11-36-23)10-9-19-7-8-24(34-3)25(12-19)35-4/h5-8,11-15,18H,9-10,16-17H2,1-4H3. The second-order valence-corrected chi connectivity index (χ2v) is 10.4. The first kappa shape index (κ1) is 27.8. The van der Waals surface area contributed by atoms with Crippen molar-refractivity contribution in [3.05, 3.63) is 80.0 Å². The minimum atomic E-state index is -0.293. The molecule has 0 aliphatic rings. The third-order valence-corrected chi connectivity index (χ3v) is 6.99. The molecule has 0 atom stereocenters. The summed E-state index contributed by atoms with van der Waals surface area (Å²) in [4.78, 5) is 31.2.